The van der Waals surface area contributed by atoms with Crippen molar-refractivity contribution in [3.8, 4) is 17.2 Å². The lowest BCUT2D eigenvalue weighted by Crippen LogP contribution is -2.27. The highest BCUT2D eigenvalue weighted by molar-refractivity contribution is 9.10. The maximum Gasteiger partial charge on any atom is 0.230 e. The molecule has 2 aromatic carbocycles. The molecule has 27 heavy (non-hydrogen) atoms. The molecule has 0 saturated heterocycles. The molecule has 5 nitrogen and oxygen atoms in total. The van der Waals surface area contributed by atoms with Crippen LogP contribution in [0.3, 0.4) is 0 Å². The Morgan fingerprint density at radius 1 is 1.19 bits per heavy atom. The van der Waals surface area contributed by atoms with Gasteiger partial charge in [-0.05, 0) is 41.8 Å². The van der Waals surface area contributed by atoms with Gasteiger partial charge in [0.25, 0.3) is 0 Å². The predicted octanol–water partition coefficient (Wildman–Crippen LogP) is 3.82. The summed E-state index contributed by atoms with van der Waals surface area (Å²) in [5.74, 6) is 3.56. The topological polar surface area (TPSA) is 56.8 Å². The average molecular weight is 452 g/mol. The van der Waals surface area contributed by atoms with E-state index in [0.29, 0.717) is 25.5 Å². The molecular formula is C20H22BrNO4S. The summed E-state index contributed by atoms with van der Waals surface area (Å²) in [5, 5.41) is 2.96. The summed E-state index contributed by atoms with van der Waals surface area (Å²) in [7, 11) is 1.65. The number of benzene rings is 2. The van der Waals surface area contributed by atoms with Gasteiger partial charge in [-0.3, -0.25) is 4.79 Å². The van der Waals surface area contributed by atoms with Gasteiger partial charge >= 0.3 is 0 Å². The lowest BCUT2D eigenvalue weighted by atomic mass is 10.1. The minimum atomic E-state index is 0.0437. The molecule has 1 aliphatic rings. The number of thioether (sulfide) groups is 1. The average Bonchev–Trinajstić information content (AvgIpc) is 2.69. The normalized spacial score (nSPS) is 12.5. The van der Waals surface area contributed by atoms with Crippen molar-refractivity contribution in [1.29, 1.82) is 0 Å². The van der Waals surface area contributed by atoms with Crippen LogP contribution in [0.15, 0.2) is 40.9 Å². The second kappa shape index (κ2) is 9.90. The first-order valence-electron chi connectivity index (χ1n) is 8.71. The zero-order chi connectivity index (χ0) is 19.1. The van der Waals surface area contributed by atoms with Crippen LogP contribution in [-0.4, -0.2) is 38.5 Å². The van der Waals surface area contributed by atoms with Crippen LogP contribution >= 0.6 is 27.7 Å². The van der Waals surface area contributed by atoms with Crippen LogP contribution in [0.1, 0.15) is 11.1 Å². The second-order valence-electron chi connectivity index (χ2n) is 6.03. The minimum Gasteiger partial charge on any atom is -0.497 e. The number of methoxy groups -OCH3 is 1. The molecule has 1 aliphatic heterocycles. The molecule has 1 amide bonds. The van der Waals surface area contributed by atoms with Crippen LogP contribution in [0.4, 0.5) is 0 Å². The summed E-state index contributed by atoms with van der Waals surface area (Å²) in [6.45, 7) is 1.77. The Morgan fingerprint density at radius 3 is 2.59 bits per heavy atom. The van der Waals surface area contributed by atoms with E-state index >= 15 is 0 Å². The third-order valence-electron chi connectivity index (χ3n) is 4.10. The van der Waals surface area contributed by atoms with Crippen molar-refractivity contribution >= 4 is 33.6 Å². The van der Waals surface area contributed by atoms with E-state index in [1.165, 1.54) is 5.56 Å². The van der Waals surface area contributed by atoms with E-state index in [1.54, 1.807) is 18.9 Å². The summed E-state index contributed by atoms with van der Waals surface area (Å²) in [5.41, 5.74) is 2.26. The molecule has 0 aromatic heterocycles. The molecule has 0 radical (unpaired) electrons. The standard InChI is InChI=1S/C20H22BrNO4S/c1-24-16-4-2-14(3-5-16)6-7-22-20(23)13-27-12-15-10-18-19(11-17(15)21)26-9-8-25-18/h2-5,10-11H,6-9,12-13H2,1H3,(H,22,23). The van der Waals surface area contributed by atoms with Gasteiger partial charge in [0.2, 0.25) is 5.91 Å². The quantitative estimate of drug-likeness (QED) is 0.660. The Balaban J connectivity index is 1.39. The van der Waals surface area contributed by atoms with Crippen LogP contribution in [0, 0.1) is 0 Å². The van der Waals surface area contributed by atoms with Gasteiger partial charge in [-0.15, -0.1) is 11.8 Å². The molecule has 7 heteroatoms. The summed E-state index contributed by atoms with van der Waals surface area (Å²) < 4.78 is 17.3. The number of carbonyl (C=O) groups excluding carboxylic acids is 1. The first kappa shape index (κ1) is 19.9. The SMILES string of the molecule is COc1ccc(CCNC(=O)CSCc2cc3c(cc2Br)OCCO3)cc1. The molecule has 0 fully saturated rings. The highest BCUT2D eigenvalue weighted by atomic mass is 79.9. The van der Waals surface area contributed by atoms with Gasteiger partial charge in [0.1, 0.15) is 19.0 Å². The van der Waals surface area contributed by atoms with E-state index in [4.69, 9.17) is 14.2 Å². The van der Waals surface area contributed by atoms with Crippen molar-refractivity contribution in [1.82, 2.24) is 5.32 Å². The number of nitrogens with one attached hydrogen (secondary N) is 1. The maximum atomic E-state index is 12.0. The fourth-order valence-electron chi connectivity index (χ4n) is 2.66. The van der Waals surface area contributed by atoms with Crippen LogP contribution < -0.4 is 19.5 Å². The Morgan fingerprint density at radius 2 is 1.89 bits per heavy atom. The molecule has 0 unspecified atom stereocenters. The highest BCUT2D eigenvalue weighted by Gasteiger charge is 2.15. The molecule has 1 N–H and O–H groups in total. The Labute approximate surface area is 171 Å². The molecular weight excluding hydrogens is 430 g/mol. The van der Waals surface area contributed by atoms with Crippen LogP contribution in [0.2, 0.25) is 0 Å². The van der Waals surface area contributed by atoms with E-state index in [1.807, 2.05) is 36.4 Å². The van der Waals surface area contributed by atoms with E-state index in [-0.39, 0.29) is 5.91 Å². The summed E-state index contributed by atoms with van der Waals surface area (Å²) >= 11 is 5.14. The monoisotopic (exact) mass is 451 g/mol. The van der Waals surface area contributed by atoms with Crippen molar-refractivity contribution in [2.45, 2.75) is 12.2 Å². The number of amides is 1. The Hall–Kier alpha value is -1.86. The molecule has 0 aliphatic carbocycles. The number of hydrogen-bond acceptors (Lipinski definition) is 5. The van der Waals surface area contributed by atoms with Crippen LogP contribution in [0.25, 0.3) is 0 Å². The fourth-order valence-corrected chi connectivity index (χ4v) is 4.16. The summed E-state index contributed by atoms with van der Waals surface area (Å²) in [6.07, 6.45) is 0.800. The molecule has 144 valence electrons. The first-order valence-corrected chi connectivity index (χ1v) is 10.7. The van der Waals surface area contributed by atoms with Gasteiger partial charge in [0.05, 0.1) is 12.9 Å². The molecule has 0 bridgehead atoms. The van der Waals surface area contributed by atoms with Crippen molar-refractivity contribution in [2.75, 3.05) is 32.6 Å². The number of carbonyl (C=O) groups is 1. The third-order valence-corrected chi connectivity index (χ3v) is 5.82. The predicted molar refractivity (Wildman–Crippen MR) is 111 cm³/mol. The number of fused-ring (bicyclic) bond motifs is 1. The maximum absolute atomic E-state index is 12.0. The zero-order valence-corrected chi connectivity index (χ0v) is 17.5. The summed E-state index contributed by atoms with van der Waals surface area (Å²) in [6, 6.07) is 11.8. The molecule has 2 aromatic rings. The largest absolute Gasteiger partial charge is 0.497 e. The van der Waals surface area contributed by atoms with E-state index < -0.39 is 0 Å². The van der Waals surface area contributed by atoms with Gasteiger partial charge in [0, 0.05) is 16.8 Å². The fraction of sp³-hybridized carbons (Fsp3) is 0.350. The molecule has 0 saturated carbocycles. The first-order chi connectivity index (χ1) is 13.2. The van der Waals surface area contributed by atoms with E-state index in [9.17, 15) is 4.79 Å². The van der Waals surface area contributed by atoms with Gasteiger partial charge in [-0.2, -0.15) is 0 Å². The van der Waals surface area contributed by atoms with Crippen molar-refractivity contribution in [2.24, 2.45) is 0 Å². The van der Waals surface area contributed by atoms with Crippen LogP contribution in [-0.2, 0) is 17.0 Å². The van der Waals surface area contributed by atoms with Gasteiger partial charge < -0.3 is 19.5 Å². The van der Waals surface area contributed by atoms with Crippen molar-refractivity contribution < 1.29 is 19.0 Å². The number of hydrogen-bond donors (Lipinski definition) is 1. The smallest absolute Gasteiger partial charge is 0.230 e. The zero-order valence-electron chi connectivity index (χ0n) is 15.1. The number of halogens is 1. The van der Waals surface area contributed by atoms with Gasteiger partial charge in [-0.1, -0.05) is 28.1 Å². The Bertz CT molecular complexity index is 782. The molecule has 1 heterocycles. The van der Waals surface area contributed by atoms with E-state index in [2.05, 4.69) is 21.2 Å². The molecule has 3 rings (SSSR count). The van der Waals surface area contributed by atoms with Gasteiger partial charge in [0.15, 0.2) is 11.5 Å². The number of rotatable bonds is 8. The Kier molecular flexibility index (Phi) is 7.29. The second-order valence-corrected chi connectivity index (χ2v) is 7.87. The molecule has 0 spiro atoms. The number of ether oxygens (including phenoxy) is 3. The van der Waals surface area contributed by atoms with E-state index in [0.717, 1.165) is 39.5 Å². The highest BCUT2D eigenvalue weighted by Crippen LogP contribution is 2.36. The minimum absolute atomic E-state index is 0.0437. The molecule has 0 atom stereocenters. The van der Waals surface area contributed by atoms with Crippen LogP contribution in [0.5, 0.6) is 17.2 Å². The van der Waals surface area contributed by atoms with Crippen molar-refractivity contribution in [3.63, 3.8) is 0 Å². The summed E-state index contributed by atoms with van der Waals surface area (Å²) in [4.78, 5) is 12.0. The van der Waals surface area contributed by atoms with Gasteiger partial charge in [-0.25, -0.2) is 0 Å². The lowest BCUT2D eigenvalue weighted by molar-refractivity contribution is -0.118. The van der Waals surface area contributed by atoms with Crippen molar-refractivity contribution in [3.05, 3.63) is 52.0 Å². The lowest BCUT2D eigenvalue weighted by Gasteiger charge is -2.19. The third kappa shape index (κ3) is 5.81.